The summed E-state index contributed by atoms with van der Waals surface area (Å²) in [7, 11) is 3.30. The van der Waals surface area contributed by atoms with Crippen LogP contribution in [0, 0.1) is 0 Å². The van der Waals surface area contributed by atoms with E-state index in [1.807, 2.05) is 23.1 Å². The molecule has 1 saturated carbocycles. The Kier molecular flexibility index (Phi) is 7.37. The van der Waals surface area contributed by atoms with Crippen LogP contribution in [0.15, 0.2) is 23.4 Å². The molecule has 1 amide bonds. The van der Waals surface area contributed by atoms with Gasteiger partial charge in [-0.1, -0.05) is 31.0 Å². The van der Waals surface area contributed by atoms with Gasteiger partial charge in [0.05, 0.1) is 14.2 Å². The van der Waals surface area contributed by atoms with Gasteiger partial charge in [0.1, 0.15) is 0 Å². The minimum Gasteiger partial charge on any atom is -0.493 e. The Balaban J connectivity index is 1.53. The molecule has 0 spiro atoms. The highest BCUT2D eigenvalue weighted by atomic mass is 32.2. The summed E-state index contributed by atoms with van der Waals surface area (Å²) in [6, 6.07) is 6.36. The average molecular weight is 445 g/mol. The molecule has 2 aliphatic rings. The van der Waals surface area contributed by atoms with Gasteiger partial charge in [-0.3, -0.25) is 9.36 Å². The molecular weight excluding hydrogens is 412 g/mol. The number of carbonyl (C=O) groups excluding carboxylic acids is 1. The molecule has 2 heterocycles. The van der Waals surface area contributed by atoms with Gasteiger partial charge in [-0.25, -0.2) is 0 Å². The van der Waals surface area contributed by atoms with Gasteiger partial charge in [0.2, 0.25) is 5.91 Å². The monoisotopic (exact) mass is 444 g/mol. The van der Waals surface area contributed by atoms with Crippen LogP contribution in [0.3, 0.4) is 0 Å². The van der Waals surface area contributed by atoms with Crippen molar-refractivity contribution in [2.45, 2.75) is 62.6 Å². The predicted octanol–water partition coefficient (Wildman–Crippen LogP) is 4.57. The van der Waals surface area contributed by atoms with Crippen molar-refractivity contribution in [3.8, 4) is 22.9 Å². The SMILES string of the molecule is COc1ccc(-c2nnc(SCCCN3CCCC3=O)n2C2CCCCC2)cc1OC. The molecule has 2 aromatic rings. The molecule has 0 unspecified atom stereocenters. The molecule has 7 nitrogen and oxygen atoms in total. The van der Waals surface area contributed by atoms with Crippen LogP contribution in [0.25, 0.3) is 11.4 Å². The van der Waals surface area contributed by atoms with E-state index in [0.29, 0.717) is 29.9 Å². The van der Waals surface area contributed by atoms with Gasteiger partial charge in [0.25, 0.3) is 0 Å². The van der Waals surface area contributed by atoms with E-state index in [9.17, 15) is 4.79 Å². The fourth-order valence-electron chi connectivity index (χ4n) is 4.58. The molecule has 0 N–H and O–H groups in total. The lowest BCUT2D eigenvalue weighted by atomic mass is 9.95. The van der Waals surface area contributed by atoms with Gasteiger partial charge in [0, 0.05) is 36.9 Å². The smallest absolute Gasteiger partial charge is 0.222 e. The molecule has 1 aromatic heterocycles. The number of rotatable bonds is 9. The zero-order valence-corrected chi connectivity index (χ0v) is 19.3. The minimum absolute atomic E-state index is 0.297. The summed E-state index contributed by atoms with van der Waals surface area (Å²) >= 11 is 1.75. The molecule has 4 rings (SSSR count). The quantitative estimate of drug-likeness (QED) is 0.417. The molecule has 1 saturated heterocycles. The highest BCUT2D eigenvalue weighted by Crippen LogP contribution is 2.38. The fraction of sp³-hybridized carbons (Fsp3) is 0.609. The third-order valence-electron chi connectivity index (χ3n) is 6.22. The maximum Gasteiger partial charge on any atom is 0.222 e. The lowest BCUT2D eigenvalue weighted by Crippen LogP contribution is -2.25. The number of aromatic nitrogens is 3. The van der Waals surface area contributed by atoms with Crippen molar-refractivity contribution in [2.75, 3.05) is 33.1 Å². The number of hydrogen-bond acceptors (Lipinski definition) is 6. The molecule has 8 heteroatoms. The Morgan fingerprint density at radius 1 is 1.06 bits per heavy atom. The minimum atomic E-state index is 0.297. The van der Waals surface area contributed by atoms with Crippen molar-refractivity contribution in [1.29, 1.82) is 0 Å². The van der Waals surface area contributed by atoms with Gasteiger partial charge in [0.15, 0.2) is 22.5 Å². The number of methoxy groups -OCH3 is 2. The van der Waals surface area contributed by atoms with Crippen LogP contribution >= 0.6 is 11.8 Å². The maximum absolute atomic E-state index is 11.8. The zero-order valence-electron chi connectivity index (χ0n) is 18.5. The number of thioether (sulfide) groups is 1. The van der Waals surface area contributed by atoms with E-state index in [4.69, 9.17) is 9.47 Å². The van der Waals surface area contributed by atoms with Crippen LogP contribution < -0.4 is 9.47 Å². The van der Waals surface area contributed by atoms with Gasteiger partial charge < -0.3 is 14.4 Å². The van der Waals surface area contributed by atoms with E-state index in [2.05, 4.69) is 14.8 Å². The molecule has 31 heavy (non-hydrogen) atoms. The number of nitrogens with zero attached hydrogens (tertiary/aromatic N) is 4. The standard InChI is InChI=1S/C23H32N4O3S/c1-29-19-12-11-17(16-20(19)30-2)22-24-25-23(27(22)18-8-4-3-5-9-18)31-15-7-14-26-13-6-10-21(26)28/h11-12,16,18H,3-10,13-15H2,1-2H3. The predicted molar refractivity (Wildman–Crippen MR) is 122 cm³/mol. The van der Waals surface area contributed by atoms with Gasteiger partial charge in [-0.2, -0.15) is 0 Å². The number of ether oxygens (including phenoxy) is 2. The summed E-state index contributed by atoms with van der Waals surface area (Å²) in [5, 5.41) is 10.1. The van der Waals surface area contributed by atoms with Crippen LogP contribution in [-0.2, 0) is 4.79 Å². The van der Waals surface area contributed by atoms with E-state index in [-0.39, 0.29) is 0 Å². The van der Waals surface area contributed by atoms with E-state index < -0.39 is 0 Å². The number of hydrogen-bond donors (Lipinski definition) is 0. The third kappa shape index (κ3) is 5.00. The van der Waals surface area contributed by atoms with Crippen LogP contribution in [0.2, 0.25) is 0 Å². The summed E-state index contributed by atoms with van der Waals surface area (Å²) in [6.07, 6.45) is 8.79. The van der Waals surface area contributed by atoms with Gasteiger partial charge >= 0.3 is 0 Å². The molecule has 1 aliphatic heterocycles. The second-order valence-electron chi connectivity index (χ2n) is 8.22. The molecule has 2 fully saturated rings. The van der Waals surface area contributed by atoms with E-state index in [1.54, 1.807) is 26.0 Å². The first-order valence-corrected chi connectivity index (χ1v) is 12.3. The van der Waals surface area contributed by atoms with E-state index in [0.717, 1.165) is 61.1 Å². The van der Waals surface area contributed by atoms with Crippen molar-refractivity contribution in [1.82, 2.24) is 19.7 Å². The number of likely N-dealkylation sites (tertiary alicyclic amines) is 1. The van der Waals surface area contributed by atoms with Gasteiger partial charge in [-0.05, 0) is 43.9 Å². The largest absolute Gasteiger partial charge is 0.493 e. The number of benzene rings is 1. The first-order chi connectivity index (χ1) is 15.2. The first kappa shape index (κ1) is 22.0. The van der Waals surface area contributed by atoms with Crippen LogP contribution in [0.5, 0.6) is 11.5 Å². The van der Waals surface area contributed by atoms with Crippen LogP contribution in [-0.4, -0.2) is 58.6 Å². The number of carbonyl (C=O) groups is 1. The summed E-state index contributed by atoms with van der Waals surface area (Å²) in [4.78, 5) is 13.8. The molecule has 0 bridgehead atoms. The molecule has 1 aliphatic carbocycles. The van der Waals surface area contributed by atoms with E-state index in [1.165, 1.54) is 19.3 Å². The lowest BCUT2D eigenvalue weighted by Gasteiger charge is -2.26. The first-order valence-electron chi connectivity index (χ1n) is 11.3. The van der Waals surface area contributed by atoms with Crippen molar-refractivity contribution >= 4 is 17.7 Å². The lowest BCUT2D eigenvalue weighted by molar-refractivity contribution is -0.127. The summed E-state index contributed by atoms with van der Waals surface area (Å²) < 4.78 is 13.2. The molecule has 0 atom stereocenters. The third-order valence-corrected chi connectivity index (χ3v) is 7.25. The second kappa shape index (κ2) is 10.4. The number of amides is 1. The van der Waals surface area contributed by atoms with Crippen molar-refractivity contribution in [2.24, 2.45) is 0 Å². The normalized spacial score (nSPS) is 17.4. The Labute approximate surface area is 188 Å². The van der Waals surface area contributed by atoms with E-state index >= 15 is 0 Å². The van der Waals surface area contributed by atoms with Crippen molar-refractivity contribution in [3.63, 3.8) is 0 Å². The maximum atomic E-state index is 11.8. The average Bonchev–Trinajstić information content (AvgIpc) is 3.42. The summed E-state index contributed by atoms with van der Waals surface area (Å²) in [5.41, 5.74) is 0.991. The molecule has 168 valence electrons. The van der Waals surface area contributed by atoms with Crippen LogP contribution in [0.4, 0.5) is 0 Å². The molecule has 1 aromatic carbocycles. The van der Waals surface area contributed by atoms with Crippen molar-refractivity contribution in [3.05, 3.63) is 18.2 Å². The van der Waals surface area contributed by atoms with Gasteiger partial charge in [-0.15, -0.1) is 10.2 Å². The summed E-state index contributed by atoms with van der Waals surface area (Å²) in [6.45, 7) is 1.75. The second-order valence-corrected chi connectivity index (χ2v) is 9.29. The Bertz CT molecular complexity index is 895. The zero-order chi connectivity index (χ0) is 21.6. The Morgan fingerprint density at radius 3 is 2.58 bits per heavy atom. The highest BCUT2D eigenvalue weighted by Gasteiger charge is 2.25. The highest BCUT2D eigenvalue weighted by molar-refractivity contribution is 7.99. The Morgan fingerprint density at radius 2 is 1.87 bits per heavy atom. The topological polar surface area (TPSA) is 69.5 Å². The molecule has 0 radical (unpaired) electrons. The van der Waals surface area contributed by atoms with Crippen molar-refractivity contribution < 1.29 is 14.3 Å². The Hall–Kier alpha value is -2.22. The van der Waals surface area contributed by atoms with Crippen LogP contribution in [0.1, 0.15) is 57.4 Å². The fourth-order valence-corrected chi connectivity index (χ4v) is 5.50. The molecular formula is C23H32N4O3S. The summed E-state index contributed by atoms with van der Waals surface area (Å²) in [5.74, 6) is 3.53.